The fourth-order valence-corrected chi connectivity index (χ4v) is 2.03. The summed E-state index contributed by atoms with van der Waals surface area (Å²) in [5.41, 5.74) is 2.33. The largest absolute Gasteiger partial charge is 0.375 e. The number of amides is 1. The summed E-state index contributed by atoms with van der Waals surface area (Å²) in [6.07, 6.45) is -0.0724. The summed E-state index contributed by atoms with van der Waals surface area (Å²) < 4.78 is 5.46. The Bertz CT molecular complexity index is 403. The van der Waals surface area contributed by atoms with Crippen molar-refractivity contribution in [3.05, 3.63) is 35.4 Å². The Balaban J connectivity index is 1.85. The summed E-state index contributed by atoms with van der Waals surface area (Å²) in [5.74, 6) is 0.00257. The van der Waals surface area contributed by atoms with Crippen LogP contribution in [-0.2, 0) is 16.1 Å². The van der Waals surface area contributed by atoms with Gasteiger partial charge in [0.25, 0.3) is 0 Å². The predicted octanol–water partition coefficient (Wildman–Crippen LogP) is 0.988. The maximum atomic E-state index is 12.0. The second kappa shape index (κ2) is 5.98. The van der Waals surface area contributed by atoms with Crippen LogP contribution < -0.4 is 10.6 Å². The summed E-state index contributed by atoms with van der Waals surface area (Å²) in [7, 11) is 0. The van der Waals surface area contributed by atoms with Gasteiger partial charge in [0.1, 0.15) is 6.04 Å². The van der Waals surface area contributed by atoms with E-state index in [1.807, 2.05) is 38.1 Å². The molecule has 0 aliphatic carbocycles. The van der Waals surface area contributed by atoms with Gasteiger partial charge in [0.05, 0.1) is 12.7 Å². The van der Waals surface area contributed by atoms with Crippen molar-refractivity contribution in [2.75, 3.05) is 13.2 Å². The van der Waals surface area contributed by atoms with Gasteiger partial charge in [-0.15, -0.1) is 0 Å². The highest BCUT2D eigenvalue weighted by Gasteiger charge is 2.27. The minimum atomic E-state index is -0.246. The molecule has 0 bridgehead atoms. The molecule has 2 N–H and O–H groups in total. The van der Waals surface area contributed by atoms with E-state index in [1.54, 1.807) is 0 Å². The van der Waals surface area contributed by atoms with E-state index < -0.39 is 0 Å². The Labute approximate surface area is 108 Å². The van der Waals surface area contributed by atoms with E-state index in [1.165, 1.54) is 5.56 Å². The van der Waals surface area contributed by atoms with Gasteiger partial charge in [0.15, 0.2) is 0 Å². The van der Waals surface area contributed by atoms with Gasteiger partial charge in [-0.3, -0.25) is 4.79 Å². The first kappa shape index (κ1) is 13.1. The lowest BCUT2D eigenvalue weighted by Gasteiger charge is -2.29. The molecule has 1 aliphatic heterocycles. The third-order valence-electron chi connectivity index (χ3n) is 3.19. The van der Waals surface area contributed by atoms with Crippen LogP contribution in [0.15, 0.2) is 24.3 Å². The fraction of sp³-hybridized carbons (Fsp3) is 0.500. The molecule has 2 rings (SSSR count). The van der Waals surface area contributed by atoms with Gasteiger partial charge in [0.2, 0.25) is 5.91 Å². The lowest BCUT2D eigenvalue weighted by molar-refractivity contribution is -0.129. The second-order valence-corrected chi connectivity index (χ2v) is 4.71. The lowest BCUT2D eigenvalue weighted by Crippen LogP contribution is -2.55. The molecule has 0 aromatic heterocycles. The van der Waals surface area contributed by atoms with Gasteiger partial charge in [0, 0.05) is 13.1 Å². The average molecular weight is 248 g/mol. The molecule has 1 aromatic carbocycles. The van der Waals surface area contributed by atoms with Gasteiger partial charge in [-0.25, -0.2) is 0 Å². The number of ether oxygens (including phenoxy) is 1. The molecule has 1 aromatic rings. The van der Waals surface area contributed by atoms with Gasteiger partial charge < -0.3 is 15.4 Å². The summed E-state index contributed by atoms with van der Waals surface area (Å²) in [4.78, 5) is 12.0. The SMILES string of the molecule is Cc1ccc(CNC(=O)[C@H]2NCCO[C@@H]2C)cc1. The van der Waals surface area contributed by atoms with Crippen LogP contribution in [0.5, 0.6) is 0 Å². The molecule has 0 spiro atoms. The minimum absolute atomic E-state index is 0.00257. The van der Waals surface area contributed by atoms with E-state index in [-0.39, 0.29) is 18.1 Å². The highest BCUT2D eigenvalue weighted by Crippen LogP contribution is 2.06. The van der Waals surface area contributed by atoms with Crippen molar-refractivity contribution in [1.29, 1.82) is 0 Å². The number of benzene rings is 1. The third-order valence-corrected chi connectivity index (χ3v) is 3.19. The van der Waals surface area contributed by atoms with Crippen LogP contribution in [0.3, 0.4) is 0 Å². The molecule has 2 atom stereocenters. The van der Waals surface area contributed by atoms with Crippen molar-refractivity contribution >= 4 is 5.91 Å². The topological polar surface area (TPSA) is 50.4 Å². The number of hydrogen-bond donors (Lipinski definition) is 2. The molecule has 0 radical (unpaired) electrons. The predicted molar refractivity (Wildman–Crippen MR) is 70.2 cm³/mol. The Morgan fingerprint density at radius 1 is 1.44 bits per heavy atom. The molecule has 1 amide bonds. The molecular formula is C14H20N2O2. The normalized spacial score (nSPS) is 23.7. The maximum Gasteiger partial charge on any atom is 0.240 e. The zero-order valence-corrected chi connectivity index (χ0v) is 10.9. The molecule has 1 heterocycles. The molecule has 98 valence electrons. The van der Waals surface area contributed by atoms with Crippen molar-refractivity contribution in [2.45, 2.75) is 32.5 Å². The lowest BCUT2D eigenvalue weighted by atomic mass is 10.1. The quantitative estimate of drug-likeness (QED) is 0.838. The second-order valence-electron chi connectivity index (χ2n) is 4.71. The first-order chi connectivity index (χ1) is 8.66. The van der Waals surface area contributed by atoms with E-state index in [4.69, 9.17) is 4.74 Å². The van der Waals surface area contributed by atoms with Gasteiger partial charge in [-0.05, 0) is 19.4 Å². The van der Waals surface area contributed by atoms with E-state index in [0.717, 1.165) is 12.1 Å². The number of morpholine rings is 1. The number of hydrogen-bond acceptors (Lipinski definition) is 3. The first-order valence-electron chi connectivity index (χ1n) is 6.35. The van der Waals surface area contributed by atoms with Crippen LogP contribution >= 0.6 is 0 Å². The Kier molecular flexibility index (Phi) is 4.33. The molecule has 4 heteroatoms. The Hall–Kier alpha value is -1.39. The van der Waals surface area contributed by atoms with E-state index >= 15 is 0 Å². The van der Waals surface area contributed by atoms with Crippen molar-refractivity contribution in [3.63, 3.8) is 0 Å². The molecule has 18 heavy (non-hydrogen) atoms. The van der Waals surface area contributed by atoms with E-state index in [0.29, 0.717) is 13.2 Å². The molecule has 1 fully saturated rings. The van der Waals surface area contributed by atoms with Crippen LogP contribution in [0.4, 0.5) is 0 Å². The standard InChI is InChI=1S/C14H20N2O2/c1-10-3-5-12(6-4-10)9-16-14(17)13-11(2)18-8-7-15-13/h3-6,11,13,15H,7-9H2,1-2H3,(H,16,17)/t11-,13+/m1/s1. The molecular weight excluding hydrogens is 228 g/mol. The summed E-state index contributed by atoms with van der Waals surface area (Å²) >= 11 is 0. The number of carbonyl (C=O) groups excluding carboxylic acids is 1. The van der Waals surface area contributed by atoms with Crippen LogP contribution in [0, 0.1) is 6.92 Å². The molecule has 1 aliphatic rings. The van der Waals surface area contributed by atoms with Crippen molar-refractivity contribution in [1.82, 2.24) is 10.6 Å². The highest BCUT2D eigenvalue weighted by atomic mass is 16.5. The van der Waals surface area contributed by atoms with Crippen LogP contribution in [0.2, 0.25) is 0 Å². The summed E-state index contributed by atoms with van der Waals surface area (Å²) in [5, 5.41) is 6.11. The third kappa shape index (κ3) is 3.31. The van der Waals surface area contributed by atoms with E-state index in [2.05, 4.69) is 10.6 Å². The summed E-state index contributed by atoms with van der Waals surface area (Å²) in [6, 6.07) is 7.91. The smallest absolute Gasteiger partial charge is 0.240 e. The monoisotopic (exact) mass is 248 g/mol. The van der Waals surface area contributed by atoms with Gasteiger partial charge >= 0.3 is 0 Å². The average Bonchev–Trinajstić information content (AvgIpc) is 2.38. The zero-order valence-electron chi connectivity index (χ0n) is 10.9. The zero-order chi connectivity index (χ0) is 13.0. The van der Waals surface area contributed by atoms with Crippen LogP contribution in [0.1, 0.15) is 18.1 Å². The highest BCUT2D eigenvalue weighted by molar-refractivity contribution is 5.82. The fourth-order valence-electron chi connectivity index (χ4n) is 2.03. The van der Waals surface area contributed by atoms with Gasteiger partial charge in [-0.2, -0.15) is 0 Å². The number of aryl methyl sites for hydroxylation is 1. The first-order valence-corrected chi connectivity index (χ1v) is 6.35. The van der Waals surface area contributed by atoms with Gasteiger partial charge in [-0.1, -0.05) is 29.8 Å². The Morgan fingerprint density at radius 3 is 2.83 bits per heavy atom. The van der Waals surface area contributed by atoms with E-state index in [9.17, 15) is 4.79 Å². The van der Waals surface area contributed by atoms with Crippen molar-refractivity contribution < 1.29 is 9.53 Å². The van der Waals surface area contributed by atoms with Crippen molar-refractivity contribution in [2.24, 2.45) is 0 Å². The maximum absolute atomic E-state index is 12.0. The molecule has 0 unspecified atom stereocenters. The molecule has 0 saturated carbocycles. The van der Waals surface area contributed by atoms with Crippen LogP contribution in [-0.4, -0.2) is 31.2 Å². The number of nitrogens with one attached hydrogen (secondary N) is 2. The summed E-state index contributed by atoms with van der Waals surface area (Å²) in [6.45, 7) is 5.93. The molecule has 4 nitrogen and oxygen atoms in total. The minimum Gasteiger partial charge on any atom is -0.375 e. The Morgan fingerprint density at radius 2 is 2.17 bits per heavy atom. The number of rotatable bonds is 3. The van der Waals surface area contributed by atoms with Crippen LogP contribution in [0.25, 0.3) is 0 Å². The molecule has 1 saturated heterocycles. The number of carbonyl (C=O) groups is 1. The van der Waals surface area contributed by atoms with Crippen molar-refractivity contribution in [3.8, 4) is 0 Å².